The van der Waals surface area contributed by atoms with E-state index < -0.39 is 0 Å². The molecule has 0 fully saturated rings. The Morgan fingerprint density at radius 1 is 1.28 bits per heavy atom. The molecule has 0 spiro atoms. The standard InChI is InChI=1S/C22H25NO5.HI/c1-13-5-6-17(24)15(9-13)18(25)11-16-20-14(7-8-23(16,2)3)10-19-21(22(20)26-4)28-12-27-19;/h5-6,9-10,16H,7-8,11-12H2,1-4H3;1H. The number of Topliss-reactive ketones (excluding diaryl/α,β-unsaturated/α-hetero) is 1. The summed E-state index contributed by atoms with van der Waals surface area (Å²) in [4.78, 5) is 13.1. The number of carbonyl (C=O) groups excluding carboxylic acids is 1. The average Bonchev–Trinajstić information content (AvgIpc) is 3.12. The Morgan fingerprint density at radius 3 is 2.76 bits per heavy atom. The van der Waals surface area contributed by atoms with Crippen LogP contribution in [-0.4, -0.2) is 44.8 Å². The minimum Gasteiger partial charge on any atom is -0.872 e. The fourth-order valence-electron chi connectivity index (χ4n) is 4.26. The van der Waals surface area contributed by atoms with Crippen molar-refractivity contribution in [2.45, 2.75) is 25.8 Å². The van der Waals surface area contributed by atoms with E-state index in [0.29, 0.717) is 21.7 Å². The number of likely N-dealkylation sites (N-methyl/N-ethyl adjacent to an activating group) is 1. The molecule has 0 amide bonds. The highest BCUT2D eigenvalue weighted by atomic mass is 127. The summed E-state index contributed by atoms with van der Waals surface area (Å²) in [6, 6.07) is 6.75. The normalized spacial score (nSPS) is 18.6. The molecule has 29 heavy (non-hydrogen) atoms. The number of ketones is 1. The molecule has 6 nitrogen and oxygen atoms in total. The van der Waals surface area contributed by atoms with Crippen molar-refractivity contribution in [1.29, 1.82) is 0 Å². The summed E-state index contributed by atoms with van der Waals surface area (Å²) in [5.74, 6) is 1.56. The Bertz CT molecular complexity index is 957. The maximum absolute atomic E-state index is 13.1. The van der Waals surface area contributed by atoms with E-state index in [1.54, 1.807) is 19.2 Å². The quantitative estimate of drug-likeness (QED) is 0.358. The molecule has 0 N–H and O–H groups in total. The Kier molecular flexibility index (Phi) is 6.01. The number of halogens is 1. The van der Waals surface area contributed by atoms with Gasteiger partial charge in [-0.15, -0.1) is 24.0 Å². The van der Waals surface area contributed by atoms with Gasteiger partial charge in [-0.2, -0.15) is 0 Å². The molecule has 7 heteroatoms. The Hall–Kier alpha value is -2.00. The van der Waals surface area contributed by atoms with Gasteiger partial charge in [0.1, 0.15) is 6.04 Å². The van der Waals surface area contributed by atoms with Gasteiger partial charge < -0.3 is 23.8 Å². The van der Waals surface area contributed by atoms with E-state index >= 15 is 0 Å². The van der Waals surface area contributed by atoms with Gasteiger partial charge in [-0.3, -0.25) is 4.79 Å². The number of carbonyl (C=O) groups is 1. The van der Waals surface area contributed by atoms with Gasteiger partial charge in [-0.25, -0.2) is 0 Å². The van der Waals surface area contributed by atoms with Gasteiger partial charge in [0.2, 0.25) is 12.5 Å². The number of ether oxygens (including phenoxy) is 3. The van der Waals surface area contributed by atoms with Crippen LogP contribution in [0.5, 0.6) is 23.0 Å². The second-order valence-corrected chi connectivity index (χ2v) is 8.11. The van der Waals surface area contributed by atoms with E-state index in [9.17, 15) is 9.90 Å². The number of nitrogens with zero attached hydrogens (tertiary/aromatic N) is 1. The summed E-state index contributed by atoms with van der Waals surface area (Å²) in [6.45, 7) is 2.93. The minimum atomic E-state index is -0.227. The second-order valence-electron chi connectivity index (χ2n) is 8.11. The van der Waals surface area contributed by atoms with Crippen molar-refractivity contribution in [3.05, 3.63) is 46.5 Å². The number of aryl methyl sites for hydroxylation is 1. The zero-order chi connectivity index (χ0) is 20.1. The smallest absolute Gasteiger partial charge is 0.231 e. The van der Waals surface area contributed by atoms with E-state index in [0.717, 1.165) is 29.7 Å². The lowest BCUT2D eigenvalue weighted by Gasteiger charge is -2.43. The highest BCUT2D eigenvalue weighted by molar-refractivity contribution is 14.0. The van der Waals surface area contributed by atoms with E-state index in [-0.39, 0.29) is 60.3 Å². The summed E-state index contributed by atoms with van der Waals surface area (Å²) >= 11 is 0. The SMILES string of the molecule is COc1c2c(cc3c1C(CC(=O)c1cc(C)ccc1[O-])[N+](C)(C)CC3)OCO2.I. The van der Waals surface area contributed by atoms with Crippen molar-refractivity contribution in [2.24, 2.45) is 0 Å². The second kappa shape index (κ2) is 8.02. The lowest BCUT2D eigenvalue weighted by Crippen LogP contribution is -2.48. The van der Waals surface area contributed by atoms with E-state index in [1.807, 2.05) is 13.0 Å². The lowest BCUT2D eigenvalue weighted by atomic mass is 9.85. The molecule has 1 atom stereocenters. The van der Waals surface area contributed by atoms with Crippen molar-refractivity contribution in [3.8, 4) is 23.0 Å². The summed E-state index contributed by atoms with van der Waals surface area (Å²) in [7, 11) is 5.83. The van der Waals surface area contributed by atoms with Crippen molar-refractivity contribution in [1.82, 2.24) is 0 Å². The fraction of sp³-hybridized carbons (Fsp3) is 0.409. The molecule has 2 aromatic rings. The number of hydrogen-bond donors (Lipinski definition) is 0. The van der Waals surface area contributed by atoms with Crippen LogP contribution in [0.15, 0.2) is 24.3 Å². The molecule has 2 heterocycles. The van der Waals surface area contributed by atoms with Gasteiger partial charge in [0, 0.05) is 12.0 Å². The summed E-state index contributed by atoms with van der Waals surface area (Å²) in [5.41, 5.74) is 3.26. The zero-order valence-corrected chi connectivity index (χ0v) is 19.4. The number of hydrogen-bond acceptors (Lipinski definition) is 5. The van der Waals surface area contributed by atoms with Gasteiger partial charge >= 0.3 is 0 Å². The highest BCUT2D eigenvalue weighted by Gasteiger charge is 2.42. The van der Waals surface area contributed by atoms with Gasteiger partial charge in [0.25, 0.3) is 0 Å². The zero-order valence-electron chi connectivity index (χ0n) is 17.1. The number of benzene rings is 2. The molecule has 2 aromatic carbocycles. The van der Waals surface area contributed by atoms with Gasteiger partial charge in [-0.05, 0) is 24.6 Å². The summed E-state index contributed by atoms with van der Waals surface area (Å²) < 4.78 is 17.6. The van der Waals surface area contributed by atoms with Crippen molar-refractivity contribution in [3.63, 3.8) is 0 Å². The number of methoxy groups -OCH3 is 1. The predicted molar refractivity (Wildman–Crippen MR) is 118 cm³/mol. The van der Waals surface area contributed by atoms with Gasteiger partial charge in [-0.1, -0.05) is 23.4 Å². The average molecular weight is 511 g/mol. The molecule has 0 saturated carbocycles. The largest absolute Gasteiger partial charge is 0.872 e. The molecule has 0 radical (unpaired) electrons. The molecule has 0 aromatic heterocycles. The van der Waals surface area contributed by atoms with Crippen LogP contribution in [0.1, 0.15) is 39.5 Å². The maximum atomic E-state index is 13.1. The van der Waals surface area contributed by atoms with Crippen LogP contribution in [0, 0.1) is 6.92 Å². The third-order valence-corrected chi connectivity index (χ3v) is 5.90. The summed E-state index contributed by atoms with van der Waals surface area (Å²) in [6.07, 6.45) is 1.09. The maximum Gasteiger partial charge on any atom is 0.231 e. The molecular formula is C22H26INO5. The number of rotatable bonds is 4. The van der Waals surface area contributed by atoms with Crippen LogP contribution in [0.2, 0.25) is 0 Å². The van der Waals surface area contributed by atoms with Crippen LogP contribution in [0.25, 0.3) is 0 Å². The first-order chi connectivity index (χ1) is 13.3. The van der Waals surface area contributed by atoms with Gasteiger partial charge in [0.05, 0.1) is 39.7 Å². The molecule has 2 aliphatic rings. The fourth-order valence-corrected chi connectivity index (χ4v) is 4.26. The molecule has 0 bridgehead atoms. The number of quaternary nitrogens is 1. The molecule has 0 aliphatic carbocycles. The monoisotopic (exact) mass is 511 g/mol. The van der Waals surface area contributed by atoms with Crippen LogP contribution in [0.3, 0.4) is 0 Å². The Morgan fingerprint density at radius 2 is 2.03 bits per heavy atom. The molecule has 1 unspecified atom stereocenters. The third-order valence-electron chi connectivity index (χ3n) is 5.90. The van der Waals surface area contributed by atoms with Crippen molar-refractivity contribution >= 4 is 29.8 Å². The first kappa shape index (κ1) is 21.7. The van der Waals surface area contributed by atoms with E-state index in [1.165, 1.54) is 6.07 Å². The first-order valence-corrected chi connectivity index (χ1v) is 9.44. The highest BCUT2D eigenvalue weighted by Crippen LogP contribution is 2.51. The van der Waals surface area contributed by atoms with E-state index in [2.05, 4.69) is 14.1 Å². The molecule has 2 aliphatic heterocycles. The third kappa shape index (κ3) is 3.77. The summed E-state index contributed by atoms with van der Waals surface area (Å²) in [5, 5.41) is 12.3. The minimum absolute atomic E-state index is 0. The predicted octanol–water partition coefficient (Wildman–Crippen LogP) is 3.37. The van der Waals surface area contributed by atoms with Gasteiger partial charge in [0.15, 0.2) is 17.3 Å². The number of fused-ring (bicyclic) bond motifs is 2. The van der Waals surface area contributed by atoms with E-state index in [4.69, 9.17) is 14.2 Å². The van der Waals surface area contributed by atoms with Crippen molar-refractivity contribution in [2.75, 3.05) is 34.5 Å². The lowest BCUT2D eigenvalue weighted by molar-refractivity contribution is -0.922. The van der Waals surface area contributed by atoms with Crippen LogP contribution in [-0.2, 0) is 6.42 Å². The molecule has 0 saturated heterocycles. The molecule has 156 valence electrons. The Labute approximate surface area is 188 Å². The van der Waals surface area contributed by atoms with Crippen LogP contribution in [0.4, 0.5) is 0 Å². The van der Waals surface area contributed by atoms with Crippen LogP contribution < -0.4 is 19.3 Å². The molecule has 4 rings (SSSR count). The topological polar surface area (TPSA) is 67.8 Å². The molecular weight excluding hydrogens is 485 g/mol. The van der Waals surface area contributed by atoms with Crippen molar-refractivity contribution < 1.29 is 28.6 Å². The Balaban J connectivity index is 0.00000240. The first-order valence-electron chi connectivity index (χ1n) is 9.44. The van der Waals surface area contributed by atoms with Crippen LogP contribution >= 0.6 is 24.0 Å².